The summed E-state index contributed by atoms with van der Waals surface area (Å²) in [7, 11) is 0. The zero-order valence-electron chi connectivity index (χ0n) is 13.7. The Balaban J connectivity index is 2.83. The fraction of sp³-hybridized carbons (Fsp3) is 0.588. The van der Waals surface area contributed by atoms with Crippen molar-refractivity contribution in [2.75, 3.05) is 6.61 Å². The van der Waals surface area contributed by atoms with Gasteiger partial charge in [0.15, 0.2) is 0 Å². The van der Waals surface area contributed by atoms with Crippen LogP contribution < -0.4 is 10.6 Å². The largest absolute Gasteiger partial charge is 0.396 e. The Kier molecular flexibility index (Phi) is 6.21. The maximum Gasteiger partial charge on any atom is 0.315 e. The van der Waals surface area contributed by atoms with Gasteiger partial charge < -0.3 is 15.7 Å². The Labute approximate surface area is 128 Å². The van der Waals surface area contributed by atoms with Crippen molar-refractivity contribution < 1.29 is 9.90 Å². The number of aliphatic hydroxyl groups excluding tert-OH is 1. The van der Waals surface area contributed by atoms with Crippen LogP contribution in [0.15, 0.2) is 24.3 Å². The van der Waals surface area contributed by atoms with Crippen molar-refractivity contribution in [3.8, 4) is 0 Å². The second-order valence-corrected chi connectivity index (χ2v) is 6.74. The molecule has 0 aliphatic rings. The van der Waals surface area contributed by atoms with Crippen LogP contribution in [0.4, 0.5) is 4.79 Å². The minimum atomic E-state index is -0.197. The summed E-state index contributed by atoms with van der Waals surface area (Å²) >= 11 is 0. The minimum absolute atomic E-state index is 0.0480. The molecule has 0 radical (unpaired) electrons. The summed E-state index contributed by atoms with van der Waals surface area (Å²) in [5, 5.41) is 14.8. The number of amides is 2. The number of benzene rings is 1. The number of carbonyl (C=O) groups is 1. The third-order valence-corrected chi connectivity index (χ3v) is 3.46. The van der Waals surface area contributed by atoms with Crippen molar-refractivity contribution in [2.24, 2.45) is 5.41 Å². The number of aliphatic hydroxyl groups is 1. The summed E-state index contributed by atoms with van der Waals surface area (Å²) in [6.07, 6.45) is 0.554. The number of hydrogen-bond donors (Lipinski definition) is 3. The van der Waals surface area contributed by atoms with E-state index in [0.717, 1.165) is 5.56 Å². The second kappa shape index (κ2) is 7.46. The van der Waals surface area contributed by atoms with Crippen LogP contribution in [0.3, 0.4) is 0 Å². The highest BCUT2D eigenvalue weighted by atomic mass is 16.3. The first-order valence-corrected chi connectivity index (χ1v) is 7.48. The molecule has 0 saturated carbocycles. The molecule has 0 aliphatic carbocycles. The first-order chi connectivity index (χ1) is 9.74. The van der Waals surface area contributed by atoms with E-state index in [1.54, 1.807) is 0 Å². The lowest BCUT2D eigenvalue weighted by Gasteiger charge is -2.32. The fourth-order valence-corrected chi connectivity index (χ4v) is 2.31. The first-order valence-electron chi connectivity index (χ1n) is 7.48. The number of urea groups is 1. The van der Waals surface area contributed by atoms with Gasteiger partial charge in [-0.25, -0.2) is 4.79 Å². The van der Waals surface area contributed by atoms with Crippen LogP contribution in [-0.2, 0) is 0 Å². The third-order valence-electron chi connectivity index (χ3n) is 3.46. The zero-order valence-corrected chi connectivity index (χ0v) is 13.7. The molecule has 2 amide bonds. The molecule has 0 fully saturated rings. The number of hydrogen-bond acceptors (Lipinski definition) is 2. The van der Waals surface area contributed by atoms with E-state index in [1.807, 2.05) is 32.0 Å². The highest BCUT2D eigenvalue weighted by Gasteiger charge is 2.28. The Bertz CT molecular complexity index is 466. The third kappa shape index (κ3) is 5.76. The van der Waals surface area contributed by atoms with Gasteiger partial charge in [-0.1, -0.05) is 50.6 Å². The lowest BCUT2D eigenvalue weighted by Crippen LogP contribution is -2.45. The Hall–Kier alpha value is -1.55. The van der Waals surface area contributed by atoms with Gasteiger partial charge >= 0.3 is 6.03 Å². The predicted octanol–water partition coefficient (Wildman–Crippen LogP) is 3.15. The monoisotopic (exact) mass is 292 g/mol. The van der Waals surface area contributed by atoms with E-state index in [-0.39, 0.29) is 30.1 Å². The molecule has 1 aromatic rings. The molecule has 4 heteroatoms. The first kappa shape index (κ1) is 17.5. The highest BCUT2D eigenvalue weighted by molar-refractivity contribution is 5.74. The second-order valence-electron chi connectivity index (χ2n) is 6.74. The molecule has 0 bridgehead atoms. The molecule has 0 heterocycles. The standard InChI is InChI=1S/C17H28N2O2/c1-12-7-6-8-14(11-12)15(17(3,4)5)19-16(21)18-13(2)9-10-20/h6-8,11,13,15,20H,9-10H2,1-5H3,(H2,18,19,21)/t13-,15?/m1/s1. The number of nitrogens with one attached hydrogen (secondary N) is 2. The summed E-state index contributed by atoms with van der Waals surface area (Å²) in [5.41, 5.74) is 2.19. The molecule has 2 atom stereocenters. The van der Waals surface area contributed by atoms with Gasteiger partial charge in [0, 0.05) is 12.6 Å². The lowest BCUT2D eigenvalue weighted by molar-refractivity contribution is 0.211. The number of rotatable bonds is 5. The van der Waals surface area contributed by atoms with Gasteiger partial charge in [0.05, 0.1) is 6.04 Å². The topological polar surface area (TPSA) is 61.4 Å². The maximum absolute atomic E-state index is 12.1. The van der Waals surface area contributed by atoms with Gasteiger partial charge in [0.2, 0.25) is 0 Å². The van der Waals surface area contributed by atoms with E-state index >= 15 is 0 Å². The molecule has 3 N–H and O–H groups in total. The smallest absolute Gasteiger partial charge is 0.315 e. The molecule has 1 unspecified atom stereocenters. The van der Waals surface area contributed by atoms with Gasteiger partial charge in [-0.3, -0.25) is 0 Å². The summed E-state index contributed by atoms with van der Waals surface area (Å²) in [5.74, 6) is 0. The van der Waals surface area contributed by atoms with E-state index in [9.17, 15) is 4.79 Å². The molecule has 1 aromatic carbocycles. The fourth-order valence-electron chi connectivity index (χ4n) is 2.31. The van der Waals surface area contributed by atoms with Crippen molar-refractivity contribution in [1.29, 1.82) is 0 Å². The van der Waals surface area contributed by atoms with Gasteiger partial charge in [-0.2, -0.15) is 0 Å². The van der Waals surface area contributed by atoms with E-state index in [1.165, 1.54) is 5.56 Å². The van der Waals surface area contributed by atoms with Gasteiger partial charge in [-0.15, -0.1) is 0 Å². The SMILES string of the molecule is Cc1cccc(C(NC(=O)N[C@H](C)CCO)C(C)(C)C)c1. The van der Waals surface area contributed by atoms with Gasteiger partial charge in [0.1, 0.15) is 0 Å². The van der Waals surface area contributed by atoms with Crippen molar-refractivity contribution in [2.45, 2.75) is 53.1 Å². The molecule has 21 heavy (non-hydrogen) atoms. The van der Waals surface area contributed by atoms with Crippen LogP contribution in [0.1, 0.15) is 51.3 Å². The van der Waals surface area contributed by atoms with Gasteiger partial charge in [-0.05, 0) is 31.2 Å². The zero-order chi connectivity index (χ0) is 16.0. The summed E-state index contributed by atoms with van der Waals surface area (Å²) < 4.78 is 0. The Morgan fingerprint density at radius 2 is 1.95 bits per heavy atom. The van der Waals surface area contributed by atoms with Crippen molar-refractivity contribution in [1.82, 2.24) is 10.6 Å². The van der Waals surface area contributed by atoms with Crippen molar-refractivity contribution in [3.63, 3.8) is 0 Å². The van der Waals surface area contributed by atoms with Crippen LogP contribution in [0.2, 0.25) is 0 Å². The van der Waals surface area contributed by atoms with Crippen LogP contribution in [0.5, 0.6) is 0 Å². The Morgan fingerprint density at radius 1 is 1.29 bits per heavy atom. The van der Waals surface area contributed by atoms with Crippen LogP contribution in [0, 0.1) is 12.3 Å². The number of aryl methyl sites for hydroxylation is 1. The maximum atomic E-state index is 12.1. The summed E-state index contributed by atoms with van der Waals surface area (Å²) in [6, 6.07) is 7.89. The molecule has 0 aromatic heterocycles. The summed E-state index contributed by atoms with van der Waals surface area (Å²) in [6.45, 7) is 10.3. The molecule has 0 saturated heterocycles. The molecule has 0 spiro atoms. The van der Waals surface area contributed by atoms with E-state index in [0.29, 0.717) is 6.42 Å². The molecule has 118 valence electrons. The van der Waals surface area contributed by atoms with Crippen molar-refractivity contribution >= 4 is 6.03 Å². The minimum Gasteiger partial charge on any atom is -0.396 e. The van der Waals surface area contributed by atoms with Crippen LogP contribution in [-0.4, -0.2) is 23.8 Å². The van der Waals surface area contributed by atoms with Crippen LogP contribution in [0.25, 0.3) is 0 Å². The molecular formula is C17H28N2O2. The molecule has 0 aliphatic heterocycles. The van der Waals surface area contributed by atoms with E-state index in [2.05, 4.69) is 37.5 Å². The number of carbonyl (C=O) groups excluding carboxylic acids is 1. The highest BCUT2D eigenvalue weighted by Crippen LogP contribution is 2.32. The average Bonchev–Trinajstić information content (AvgIpc) is 2.34. The van der Waals surface area contributed by atoms with E-state index in [4.69, 9.17) is 5.11 Å². The summed E-state index contributed by atoms with van der Waals surface area (Å²) in [4.78, 5) is 12.1. The Morgan fingerprint density at radius 3 is 2.48 bits per heavy atom. The normalized spacial score (nSPS) is 14.4. The van der Waals surface area contributed by atoms with Crippen LogP contribution >= 0.6 is 0 Å². The average molecular weight is 292 g/mol. The quantitative estimate of drug-likeness (QED) is 0.780. The van der Waals surface area contributed by atoms with Crippen molar-refractivity contribution in [3.05, 3.63) is 35.4 Å². The van der Waals surface area contributed by atoms with E-state index < -0.39 is 0 Å². The van der Waals surface area contributed by atoms with Gasteiger partial charge in [0.25, 0.3) is 0 Å². The lowest BCUT2D eigenvalue weighted by atomic mass is 9.82. The molecule has 1 rings (SSSR count). The predicted molar refractivity (Wildman–Crippen MR) is 86.2 cm³/mol. The molecular weight excluding hydrogens is 264 g/mol. The molecule has 4 nitrogen and oxygen atoms in total.